The van der Waals surface area contributed by atoms with Gasteiger partial charge in [0.15, 0.2) is 0 Å². The summed E-state index contributed by atoms with van der Waals surface area (Å²) in [5.74, 6) is 0. The van der Waals surface area contributed by atoms with E-state index < -0.39 is 8.25 Å². The molecule has 0 aromatic carbocycles. The van der Waals surface area contributed by atoms with Crippen LogP contribution in [-0.2, 0) is 42.0 Å². The lowest BCUT2D eigenvalue weighted by Crippen LogP contribution is -2.11. The van der Waals surface area contributed by atoms with E-state index in [1.54, 1.807) is 14.2 Å². The first kappa shape index (κ1) is 23.9. The highest BCUT2D eigenvalue weighted by Gasteiger charge is 2.00. The van der Waals surface area contributed by atoms with Crippen LogP contribution >= 0.6 is 8.25 Å². The molecule has 0 unspecified atom stereocenters. The van der Waals surface area contributed by atoms with Crippen LogP contribution in [0.1, 0.15) is 0 Å². The average Bonchev–Trinajstić information content (AvgIpc) is 2.59. The van der Waals surface area contributed by atoms with Crippen LogP contribution in [0.25, 0.3) is 0 Å². The Morgan fingerprint density at radius 2 is 0.792 bits per heavy atom. The molecule has 0 aliphatic rings. The summed E-state index contributed by atoms with van der Waals surface area (Å²) in [4.78, 5) is 0. The largest absolute Gasteiger partial charge is 0.382 e. The van der Waals surface area contributed by atoms with Gasteiger partial charge in [-0.25, -0.2) is 0 Å². The molecule has 0 aromatic heterocycles. The lowest BCUT2D eigenvalue weighted by molar-refractivity contribution is 0.0131. The predicted molar refractivity (Wildman–Crippen MR) is 87.9 cm³/mol. The van der Waals surface area contributed by atoms with E-state index in [1.807, 2.05) is 0 Å². The van der Waals surface area contributed by atoms with Gasteiger partial charge in [-0.2, -0.15) is 0 Å². The molecule has 9 nitrogen and oxygen atoms in total. The minimum atomic E-state index is -2.50. The fourth-order valence-electron chi connectivity index (χ4n) is 1.34. The van der Waals surface area contributed by atoms with Crippen molar-refractivity contribution in [3.8, 4) is 0 Å². The van der Waals surface area contributed by atoms with Gasteiger partial charge in [-0.15, -0.1) is 0 Å². The summed E-state index contributed by atoms with van der Waals surface area (Å²) in [7, 11) is 0.731. The van der Waals surface area contributed by atoms with Gasteiger partial charge in [-0.3, -0.25) is 4.57 Å². The van der Waals surface area contributed by atoms with Crippen LogP contribution in [0.5, 0.6) is 0 Å². The zero-order valence-electron chi connectivity index (χ0n) is 14.7. The van der Waals surface area contributed by atoms with Gasteiger partial charge >= 0.3 is 8.25 Å². The lowest BCUT2D eigenvalue weighted by Gasteiger charge is -2.08. The number of hydrogen-bond acceptors (Lipinski definition) is 9. The summed E-state index contributed by atoms with van der Waals surface area (Å²) in [6.07, 6.45) is 0. The highest BCUT2D eigenvalue weighted by molar-refractivity contribution is 7.33. The molecule has 0 bridgehead atoms. The van der Waals surface area contributed by atoms with E-state index in [0.717, 1.165) is 0 Å². The van der Waals surface area contributed by atoms with Crippen molar-refractivity contribution < 1.29 is 42.0 Å². The second-order valence-corrected chi connectivity index (χ2v) is 5.46. The Morgan fingerprint density at radius 1 is 0.500 bits per heavy atom. The first-order valence-electron chi connectivity index (χ1n) is 7.89. The lowest BCUT2D eigenvalue weighted by atomic mass is 10.7. The maximum Gasteiger partial charge on any atom is 0.319 e. The maximum atomic E-state index is 11.4. The summed E-state index contributed by atoms with van der Waals surface area (Å²) in [6, 6.07) is 0. The van der Waals surface area contributed by atoms with Crippen LogP contribution in [0.2, 0.25) is 0 Å². The van der Waals surface area contributed by atoms with Crippen molar-refractivity contribution in [1.29, 1.82) is 0 Å². The van der Waals surface area contributed by atoms with Gasteiger partial charge in [0.05, 0.1) is 79.3 Å². The van der Waals surface area contributed by atoms with Gasteiger partial charge < -0.3 is 37.5 Å². The highest BCUT2D eigenvalue weighted by Crippen LogP contribution is 2.22. The molecule has 24 heavy (non-hydrogen) atoms. The third-order valence-electron chi connectivity index (χ3n) is 2.50. The van der Waals surface area contributed by atoms with Crippen molar-refractivity contribution in [3.05, 3.63) is 0 Å². The van der Waals surface area contributed by atoms with Gasteiger partial charge in [0.2, 0.25) is 0 Å². The molecule has 0 atom stereocenters. The molecule has 0 heterocycles. The van der Waals surface area contributed by atoms with Crippen LogP contribution in [-0.4, -0.2) is 93.5 Å². The number of hydrogen-bond donors (Lipinski definition) is 0. The first-order valence-corrected chi connectivity index (χ1v) is 9.12. The zero-order chi connectivity index (χ0) is 17.7. The summed E-state index contributed by atoms with van der Waals surface area (Å²) < 4.78 is 52.0. The Morgan fingerprint density at radius 3 is 1.12 bits per heavy atom. The molecule has 0 aliphatic carbocycles. The monoisotopic (exact) mass is 374 g/mol. The van der Waals surface area contributed by atoms with Gasteiger partial charge in [-0.05, 0) is 0 Å². The van der Waals surface area contributed by atoms with Gasteiger partial charge in [-0.1, -0.05) is 0 Å². The summed E-state index contributed by atoms with van der Waals surface area (Å²) in [6.45, 7) is 5.19. The smallest absolute Gasteiger partial charge is 0.319 e. The fraction of sp³-hybridized carbons (Fsp3) is 1.00. The fourth-order valence-corrected chi connectivity index (χ4v) is 1.92. The van der Waals surface area contributed by atoms with Crippen molar-refractivity contribution in [2.45, 2.75) is 0 Å². The van der Waals surface area contributed by atoms with E-state index in [9.17, 15) is 4.57 Å². The number of ether oxygens (including phenoxy) is 6. The topological polar surface area (TPSA) is 90.9 Å². The highest BCUT2D eigenvalue weighted by atomic mass is 31.1. The van der Waals surface area contributed by atoms with Gasteiger partial charge in [0.1, 0.15) is 0 Å². The molecule has 0 radical (unpaired) electrons. The summed E-state index contributed by atoms with van der Waals surface area (Å²) in [5, 5.41) is 0. The second-order valence-electron chi connectivity index (χ2n) is 4.38. The molecular formula is C14H31O9P. The van der Waals surface area contributed by atoms with Crippen LogP contribution < -0.4 is 0 Å². The second kappa shape index (κ2) is 21.0. The van der Waals surface area contributed by atoms with Crippen LogP contribution in [0, 0.1) is 0 Å². The Hall–Kier alpha value is -0.0900. The Balaban J connectivity index is 3.13. The molecule has 0 spiro atoms. The standard InChI is InChI=1S/C14H31O9P/c1-16-3-5-18-7-9-20-11-13-22-24(15)23-14-12-21-10-8-19-6-4-17-2/h24H,3-14H2,1-2H3. The van der Waals surface area contributed by atoms with Gasteiger partial charge in [0.25, 0.3) is 0 Å². The van der Waals surface area contributed by atoms with E-state index in [1.165, 1.54) is 0 Å². The van der Waals surface area contributed by atoms with Crippen molar-refractivity contribution >= 4 is 8.25 Å². The Bertz CT molecular complexity index is 245. The Kier molecular flexibility index (Phi) is 20.9. The molecular weight excluding hydrogens is 343 g/mol. The molecule has 10 heteroatoms. The van der Waals surface area contributed by atoms with Crippen molar-refractivity contribution in [3.63, 3.8) is 0 Å². The SMILES string of the molecule is COCCOCCOCCO[PH](=O)OCCOCCOCCOC. The molecule has 0 saturated carbocycles. The van der Waals surface area contributed by atoms with Crippen molar-refractivity contribution in [1.82, 2.24) is 0 Å². The van der Waals surface area contributed by atoms with E-state index in [2.05, 4.69) is 0 Å². The molecule has 0 amide bonds. The third-order valence-corrected chi connectivity index (χ3v) is 3.38. The maximum absolute atomic E-state index is 11.4. The molecule has 146 valence electrons. The van der Waals surface area contributed by atoms with E-state index in [4.69, 9.17) is 37.5 Å². The normalized spacial score (nSPS) is 11.5. The van der Waals surface area contributed by atoms with Crippen LogP contribution in [0.15, 0.2) is 0 Å². The Labute approximate surface area is 144 Å². The number of rotatable bonds is 20. The van der Waals surface area contributed by atoms with Crippen molar-refractivity contribution in [2.24, 2.45) is 0 Å². The number of methoxy groups -OCH3 is 2. The molecule has 0 N–H and O–H groups in total. The van der Waals surface area contributed by atoms with Crippen molar-refractivity contribution in [2.75, 3.05) is 93.5 Å². The minimum Gasteiger partial charge on any atom is -0.382 e. The van der Waals surface area contributed by atoms with E-state index >= 15 is 0 Å². The summed E-state index contributed by atoms with van der Waals surface area (Å²) in [5.41, 5.74) is 0. The molecule has 0 aromatic rings. The zero-order valence-corrected chi connectivity index (χ0v) is 15.7. The molecule has 0 saturated heterocycles. The minimum absolute atomic E-state index is 0.212. The molecule has 0 rings (SSSR count). The average molecular weight is 374 g/mol. The quantitative estimate of drug-likeness (QED) is 0.226. The molecule has 0 fully saturated rings. The molecule has 0 aliphatic heterocycles. The van der Waals surface area contributed by atoms with Gasteiger partial charge in [0, 0.05) is 14.2 Å². The summed E-state index contributed by atoms with van der Waals surface area (Å²) >= 11 is 0. The van der Waals surface area contributed by atoms with Crippen LogP contribution in [0.3, 0.4) is 0 Å². The first-order chi connectivity index (χ1) is 11.8. The van der Waals surface area contributed by atoms with Crippen LogP contribution in [0.4, 0.5) is 0 Å². The van der Waals surface area contributed by atoms with E-state index in [0.29, 0.717) is 66.1 Å². The predicted octanol–water partition coefficient (Wildman–Crippen LogP) is 0.769. The third kappa shape index (κ3) is 20.0. The van der Waals surface area contributed by atoms with E-state index in [-0.39, 0.29) is 13.2 Å².